The second-order valence-electron chi connectivity index (χ2n) is 9.58. The molecule has 1 N–H and O–H groups in total. The molecule has 1 aromatic heterocycles. The SMILES string of the molecule is CC(C)C(=O)Nc1cccc(-c2cccc3cc(C(=O)C[C@H]4CN5CCC4CC5)sc23)c1. The number of carbonyl (C=O) groups is 2. The van der Waals surface area contributed by atoms with Gasteiger partial charge in [-0.2, -0.15) is 0 Å². The summed E-state index contributed by atoms with van der Waals surface area (Å²) in [4.78, 5) is 28.7. The Morgan fingerprint density at radius 1 is 1.09 bits per heavy atom. The molecule has 0 unspecified atom stereocenters. The molecule has 6 rings (SSSR count). The number of fused-ring (bicyclic) bond motifs is 4. The van der Waals surface area contributed by atoms with Gasteiger partial charge in [-0.1, -0.05) is 44.2 Å². The summed E-state index contributed by atoms with van der Waals surface area (Å²) in [7, 11) is 0. The third-order valence-corrected chi connectivity index (χ3v) is 8.25. The first-order valence-electron chi connectivity index (χ1n) is 11.7. The normalized spacial score (nSPS) is 22.4. The fraction of sp³-hybridized carbons (Fsp3) is 0.407. The van der Waals surface area contributed by atoms with Crippen LogP contribution in [-0.4, -0.2) is 36.2 Å². The molecule has 0 saturated carbocycles. The van der Waals surface area contributed by atoms with Crippen LogP contribution in [0.1, 0.15) is 42.8 Å². The van der Waals surface area contributed by atoms with Crippen LogP contribution in [0.25, 0.3) is 21.2 Å². The van der Waals surface area contributed by atoms with E-state index in [9.17, 15) is 9.59 Å². The zero-order chi connectivity index (χ0) is 22.2. The van der Waals surface area contributed by atoms with Gasteiger partial charge in [-0.05, 0) is 72.5 Å². The number of benzene rings is 2. The maximum Gasteiger partial charge on any atom is 0.226 e. The van der Waals surface area contributed by atoms with Crippen molar-refractivity contribution < 1.29 is 9.59 Å². The summed E-state index contributed by atoms with van der Waals surface area (Å²) in [5, 5.41) is 4.10. The van der Waals surface area contributed by atoms with Crippen molar-refractivity contribution in [2.24, 2.45) is 17.8 Å². The Morgan fingerprint density at radius 2 is 1.88 bits per heavy atom. The maximum atomic E-state index is 13.2. The van der Waals surface area contributed by atoms with Crippen molar-refractivity contribution in [3.8, 4) is 11.1 Å². The predicted molar refractivity (Wildman–Crippen MR) is 132 cm³/mol. The summed E-state index contributed by atoms with van der Waals surface area (Å²) in [5.41, 5.74) is 2.96. The summed E-state index contributed by atoms with van der Waals surface area (Å²) in [5.74, 6) is 1.46. The predicted octanol–water partition coefficient (Wildman–Crippen LogP) is 6.08. The summed E-state index contributed by atoms with van der Waals surface area (Å²) < 4.78 is 1.14. The Balaban J connectivity index is 1.40. The molecule has 3 fully saturated rings. The number of Topliss-reactive ketones (excluding diaryl/α,β-unsaturated/α-hetero) is 1. The molecule has 0 spiro atoms. The zero-order valence-electron chi connectivity index (χ0n) is 18.8. The molecular weight excluding hydrogens is 416 g/mol. The van der Waals surface area contributed by atoms with Crippen molar-refractivity contribution in [3.05, 3.63) is 53.4 Å². The summed E-state index contributed by atoms with van der Waals surface area (Å²) in [6.07, 6.45) is 3.16. The minimum atomic E-state index is -0.0656. The standard InChI is InChI=1S/C27H30N2O2S/c1-17(2)27(31)28-22-7-3-5-19(13-22)23-8-4-6-20-15-25(32-26(20)23)24(30)14-21-16-29-11-9-18(21)10-12-29/h3-8,13,15,17-18,21H,9-12,14,16H2,1-2H3,(H,28,31)/t21-/m0/s1. The molecule has 3 saturated heterocycles. The average molecular weight is 447 g/mol. The highest BCUT2D eigenvalue weighted by Crippen LogP contribution is 2.39. The van der Waals surface area contributed by atoms with Gasteiger partial charge in [-0.15, -0.1) is 11.3 Å². The minimum absolute atomic E-state index is 0.0112. The van der Waals surface area contributed by atoms with Crippen LogP contribution in [-0.2, 0) is 4.79 Å². The summed E-state index contributed by atoms with van der Waals surface area (Å²) in [6.45, 7) is 7.28. The van der Waals surface area contributed by atoms with Gasteiger partial charge >= 0.3 is 0 Å². The molecule has 3 aliphatic heterocycles. The first kappa shape index (κ1) is 21.4. The highest BCUT2D eigenvalue weighted by Gasteiger charge is 2.35. The van der Waals surface area contributed by atoms with Gasteiger partial charge in [0.1, 0.15) is 0 Å². The van der Waals surface area contributed by atoms with Gasteiger partial charge in [-0.25, -0.2) is 0 Å². The van der Waals surface area contributed by atoms with E-state index in [2.05, 4.69) is 34.5 Å². The molecule has 4 nitrogen and oxygen atoms in total. The molecule has 4 heterocycles. The molecule has 1 atom stereocenters. The highest BCUT2D eigenvalue weighted by molar-refractivity contribution is 7.21. The smallest absolute Gasteiger partial charge is 0.226 e. The lowest BCUT2D eigenvalue weighted by Gasteiger charge is -2.44. The average Bonchev–Trinajstić information content (AvgIpc) is 3.25. The number of ketones is 1. The van der Waals surface area contributed by atoms with Crippen LogP contribution in [0.4, 0.5) is 5.69 Å². The third kappa shape index (κ3) is 4.24. The molecule has 0 aliphatic carbocycles. The van der Waals surface area contributed by atoms with Crippen LogP contribution in [0.15, 0.2) is 48.5 Å². The number of amides is 1. The Labute approximate surface area is 193 Å². The Bertz CT molecular complexity index is 1160. The lowest BCUT2D eigenvalue weighted by molar-refractivity contribution is -0.118. The highest BCUT2D eigenvalue weighted by atomic mass is 32.1. The molecule has 0 radical (unpaired) electrons. The lowest BCUT2D eigenvalue weighted by atomic mass is 9.76. The molecule has 2 bridgehead atoms. The molecule has 1 amide bonds. The number of thiophene rings is 1. The summed E-state index contributed by atoms with van der Waals surface area (Å²) in [6, 6.07) is 16.3. The van der Waals surface area contributed by atoms with E-state index in [-0.39, 0.29) is 17.6 Å². The topological polar surface area (TPSA) is 49.4 Å². The van der Waals surface area contributed by atoms with Crippen molar-refractivity contribution >= 4 is 38.8 Å². The van der Waals surface area contributed by atoms with Crippen molar-refractivity contribution in [2.45, 2.75) is 33.1 Å². The second-order valence-corrected chi connectivity index (χ2v) is 10.6. The number of nitrogens with one attached hydrogen (secondary N) is 1. The molecule has 3 aliphatic rings. The number of rotatable bonds is 6. The second kappa shape index (κ2) is 8.80. The first-order chi connectivity index (χ1) is 15.5. The number of nitrogens with zero attached hydrogens (tertiary/aromatic N) is 1. The van der Waals surface area contributed by atoms with E-state index in [0.29, 0.717) is 12.3 Å². The van der Waals surface area contributed by atoms with Gasteiger partial charge in [0.05, 0.1) is 4.88 Å². The van der Waals surface area contributed by atoms with E-state index in [0.717, 1.165) is 44.2 Å². The summed E-state index contributed by atoms with van der Waals surface area (Å²) >= 11 is 1.61. The fourth-order valence-corrected chi connectivity index (χ4v) is 6.28. The number of hydrogen-bond acceptors (Lipinski definition) is 4. The third-order valence-electron chi connectivity index (χ3n) is 7.02. The van der Waals surface area contributed by atoms with Gasteiger partial charge in [0.15, 0.2) is 5.78 Å². The molecular formula is C27H30N2O2S. The maximum absolute atomic E-state index is 13.2. The van der Waals surface area contributed by atoms with Crippen molar-refractivity contribution in [1.29, 1.82) is 0 Å². The number of carbonyl (C=O) groups excluding carboxylic acids is 2. The van der Waals surface area contributed by atoms with Crippen molar-refractivity contribution in [2.75, 3.05) is 25.0 Å². The van der Waals surface area contributed by atoms with E-state index in [1.165, 1.54) is 25.9 Å². The Kier molecular flexibility index (Phi) is 5.87. The molecule has 3 aromatic rings. The monoisotopic (exact) mass is 446 g/mol. The van der Waals surface area contributed by atoms with E-state index in [1.54, 1.807) is 11.3 Å². The number of hydrogen-bond donors (Lipinski definition) is 1. The largest absolute Gasteiger partial charge is 0.326 e. The Hall–Kier alpha value is -2.50. The van der Waals surface area contributed by atoms with Crippen molar-refractivity contribution in [1.82, 2.24) is 4.90 Å². The van der Waals surface area contributed by atoms with Gasteiger partial charge in [0, 0.05) is 29.3 Å². The van der Waals surface area contributed by atoms with E-state index < -0.39 is 0 Å². The van der Waals surface area contributed by atoms with E-state index in [1.807, 2.05) is 38.1 Å². The van der Waals surface area contributed by atoms with Gasteiger partial charge in [0.25, 0.3) is 0 Å². The Morgan fingerprint density at radius 3 is 2.59 bits per heavy atom. The quantitative estimate of drug-likeness (QED) is 0.467. The van der Waals surface area contributed by atoms with Crippen LogP contribution in [0.2, 0.25) is 0 Å². The van der Waals surface area contributed by atoms with Crippen LogP contribution in [0, 0.1) is 17.8 Å². The molecule has 5 heteroatoms. The lowest BCUT2D eigenvalue weighted by Crippen LogP contribution is -2.47. The van der Waals surface area contributed by atoms with Crippen LogP contribution in [0.3, 0.4) is 0 Å². The van der Waals surface area contributed by atoms with Gasteiger partial charge in [0.2, 0.25) is 5.91 Å². The van der Waals surface area contributed by atoms with Crippen LogP contribution < -0.4 is 5.32 Å². The van der Waals surface area contributed by atoms with Crippen molar-refractivity contribution in [3.63, 3.8) is 0 Å². The van der Waals surface area contributed by atoms with Gasteiger partial charge < -0.3 is 10.2 Å². The van der Waals surface area contributed by atoms with E-state index >= 15 is 0 Å². The van der Waals surface area contributed by atoms with Crippen LogP contribution in [0.5, 0.6) is 0 Å². The van der Waals surface area contributed by atoms with E-state index in [4.69, 9.17) is 0 Å². The fourth-order valence-electron chi connectivity index (χ4n) is 5.14. The minimum Gasteiger partial charge on any atom is -0.326 e. The van der Waals surface area contributed by atoms with Gasteiger partial charge in [-0.3, -0.25) is 9.59 Å². The number of anilines is 1. The first-order valence-corrected chi connectivity index (χ1v) is 12.5. The van der Waals surface area contributed by atoms with Crippen LogP contribution >= 0.6 is 11.3 Å². The molecule has 32 heavy (non-hydrogen) atoms. The molecule has 166 valence electrons. The number of piperidine rings is 3. The zero-order valence-corrected chi connectivity index (χ0v) is 19.6. The molecule has 2 aromatic carbocycles.